The fraction of sp³-hybridized carbons (Fsp3) is 0.462. The molecule has 17 heavy (non-hydrogen) atoms. The van der Waals surface area contributed by atoms with Crippen LogP contribution in [0.1, 0.15) is 17.5 Å². The first-order valence-electron chi connectivity index (χ1n) is 5.78. The van der Waals surface area contributed by atoms with E-state index in [1.807, 2.05) is 26.0 Å². The highest BCUT2D eigenvalue weighted by molar-refractivity contribution is 7.99. The molecule has 0 spiro atoms. The van der Waals surface area contributed by atoms with Crippen LogP contribution in [0.25, 0.3) is 0 Å². The van der Waals surface area contributed by atoms with Gasteiger partial charge in [0.05, 0.1) is 5.75 Å². The Labute approximate surface area is 107 Å². The van der Waals surface area contributed by atoms with Gasteiger partial charge < -0.3 is 11.1 Å². The van der Waals surface area contributed by atoms with Crippen molar-refractivity contribution in [3.05, 3.63) is 29.3 Å². The lowest BCUT2D eigenvalue weighted by Crippen LogP contribution is -2.15. The van der Waals surface area contributed by atoms with E-state index in [0.717, 1.165) is 23.4 Å². The Balaban J connectivity index is 2.40. The van der Waals surface area contributed by atoms with Gasteiger partial charge in [0.15, 0.2) is 0 Å². The quantitative estimate of drug-likeness (QED) is 0.764. The highest BCUT2D eigenvalue weighted by Crippen LogP contribution is 2.16. The van der Waals surface area contributed by atoms with Crippen LogP contribution in [0, 0.1) is 13.8 Å². The Morgan fingerprint density at radius 2 is 2.18 bits per heavy atom. The van der Waals surface area contributed by atoms with Gasteiger partial charge in [-0.2, -0.15) is 11.8 Å². The summed E-state index contributed by atoms with van der Waals surface area (Å²) < 4.78 is 0. The van der Waals surface area contributed by atoms with Crippen LogP contribution in [-0.4, -0.2) is 24.0 Å². The fourth-order valence-corrected chi connectivity index (χ4v) is 2.26. The Kier molecular flexibility index (Phi) is 6.08. The summed E-state index contributed by atoms with van der Waals surface area (Å²) in [6.45, 7) is 4.73. The van der Waals surface area contributed by atoms with Gasteiger partial charge in [0.2, 0.25) is 5.91 Å². The van der Waals surface area contributed by atoms with E-state index in [-0.39, 0.29) is 5.91 Å². The fourth-order valence-electron chi connectivity index (χ4n) is 1.49. The number of hydrogen-bond acceptors (Lipinski definition) is 3. The number of nitrogens with two attached hydrogens (primary N) is 1. The maximum atomic E-state index is 11.6. The number of hydrogen-bond donors (Lipinski definition) is 2. The Bertz CT molecular complexity index is 380. The van der Waals surface area contributed by atoms with Crippen molar-refractivity contribution in [2.45, 2.75) is 20.3 Å². The topological polar surface area (TPSA) is 55.1 Å². The second kappa shape index (κ2) is 7.35. The molecule has 0 unspecified atom stereocenters. The van der Waals surface area contributed by atoms with Gasteiger partial charge >= 0.3 is 0 Å². The predicted octanol–water partition coefficient (Wildman–Crippen LogP) is 2.32. The number of aryl methyl sites for hydroxylation is 2. The number of nitrogens with one attached hydrogen (secondary N) is 1. The third kappa shape index (κ3) is 5.24. The summed E-state index contributed by atoms with van der Waals surface area (Å²) >= 11 is 1.62. The zero-order valence-electron chi connectivity index (χ0n) is 10.5. The molecule has 0 aliphatic carbocycles. The molecular formula is C13H20N2OS. The zero-order chi connectivity index (χ0) is 12.7. The van der Waals surface area contributed by atoms with Crippen LogP contribution in [0.4, 0.5) is 5.69 Å². The molecule has 0 saturated heterocycles. The average molecular weight is 252 g/mol. The second-order valence-corrected chi connectivity index (χ2v) is 5.17. The van der Waals surface area contributed by atoms with Gasteiger partial charge in [-0.3, -0.25) is 4.79 Å². The van der Waals surface area contributed by atoms with Crippen LogP contribution >= 0.6 is 11.8 Å². The largest absolute Gasteiger partial charge is 0.330 e. The highest BCUT2D eigenvalue weighted by Gasteiger charge is 2.04. The molecular weight excluding hydrogens is 232 g/mol. The first kappa shape index (κ1) is 14.1. The van der Waals surface area contributed by atoms with E-state index in [0.29, 0.717) is 12.3 Å². The van der Waals surface area contributed by atoms with Crippen LogP contribution in [-0.2, 0) is 4.79 Å². The van der Waals surface area contributed by atoms with Crippen molar-refractivity contribution < 1.29 is 4.79 Å². The van der Waals surface area contributed by atoms with Gasteiger partial charge in [0.1, 0.15) is 0 Å². The summed E-state index contributed by atoms with van der Waals surface area (Å²) in [4.78, 5) is 11.6. The summed E-state index contributed by atoms with van der Waals surface area (Å²) in [6, 6.07) is 6.02. The number of rotatable bonds is 6. The molecule has 3 N–H and O–H groups in total. The molecule has 0 fully saturated rings. The van der Waals surface area contributed by atoms with E-state index in [1.54, 1.807) is 11.8 Å². The lowest BCUT2D eigenvalue weighted by molar-refractivity contribution is -0.113. The molecule has 0 aliphatic heterocycles. The zero-order valence-corrected chi connectivity index (χ0v) is 11.3. The van der Waals surface area contributed by atoms with E-state index in [9.17, 15) is 4.79 Å². The number of thioether (sulfide) groups is 1. The lowest BCUT2D eigenvalue weighted by atomic mass is 10.1. The predicted molar refractivity (Wildman–Crippen MR) is 75.5 cm³/mol. The van der Waals surface area contributed by atoms with Crippen molar-refractivity contribution in [2.24, 2.45) is 5.73 Å². The molecule has 0 bridgehead atoms. The van der Waals surface area contributed by atoms with Gasteiger partial charge in [-0.15, -0.1) is 0 Å². The van der Waals surface area contributed by atoms with Crippen LogP contribution < -0.4 is 11.1 Å². The summed E-state index contributed by atoms with van der Waals surface area (Å²) in [7, 11) is 0. The molecule has 0 aromatic heterocycles. The third-order valence-corrected chi connectivity index (χ3v) is 3.43. The Hall–Kier alpha value is -1.00. The smallest absolute Gasteiger partial charge is 0.234 e. The molecule has 4 heteroatoms. The third-order valence-electron chi connectivity index (χ3n) is 2.38. The van der Waals surface area contributed by atoms with Crippen LogP contribution in [0.3, 0.4) is 0 Å². The summed E-state index contributed by atoms with van der Waals surface area (Å²) in [6.07, 6.45) is 0.960. The maximum Gasteiger partial charge on any atom is 0.234 e. The molecule has 0 radical (unpaired) electrons. The minimum atomic E-state index is 0.0546. The molecule has 1 amide bonds. The van der Waals surface area contributed by atoms with Crippen LogP contribution in [0.5, 0.6) is 0 Å². The second-order valence-electron chi connectivity index (χ2n) is 4.06. The molecule has 1 rings (SSSR count). The summed E-state index contributed by atoms with van der Waals surface area (Å²) in [5, 5.41) is 2.92. The van der Waals surface area contributed by atoms with Gasteiger partial charge in [0.25, 0.3) is 0 Å². The Morgan fingerprint density at radius 3 is 2.82 bits per heavy atom. The lowest BCUT2D eigenvalue weighted by Gasteiger charge is -2.08. The van der Waals surface area contributed by atoms with E-state index in [2.05, 4.69) is 11.4 Å². The molecule has 0 saturated carbocycles. The number of amides is 1. The van der Waals surface area contributed by atoms with Gasteiger partial charge in [-0.25, -0.2) is 0 Å². The standard InChI is InChI=1S/C13H20N2OS/c1-10-4-5-12(11(2)8-10)15-13(16)9-17-7-3-6-14/h4-5,8H,3,6-7,9,14H2,1-2H3,(H,15,16). The number of benzene rings is 1. The van der Waals surface area contributed by atoms with Crippen molar-refractivity contribution in [3.63, 3.8) is 0 Å². The van der Waals surface area contributed by atoms with Gasteiger partial charge in [-0.05, 0) is 44.2 Å². The van der Waals surface area contributed by atoms with Crippen LogP contribution in [0.15, 0.2) is 18.2 Å². The van der Waals surface area contributed by atoms with Crippen molar-refractivity contribution >= 4 is 23.4 Å². The molecule has 0 heterocycles. The van der Waals surface area contributed by atoms with E-state index >= 15 is 0 Å². The molecule has 3 nitrogen and oxygen atoms in total. The molecule has 1 aromatic rings. The number of anilines is 1. The van der Waals surface area contributed by atoms with Crippen molar-refractivity contribution in [2.75, 3.05) is 23.4 Å². The van der Waals surface area contributed by atoms with Crippen molar-refractivity contribution in [1.29, 1.82) is 0 Å². The molecule has 0 atom stereocenters. The number of carbonyl (C=O) groups excluding carboxylic acids is 1. The highest BCUT2D eigenvalue weighted by atomic mass is 32.2. The first-order valence-corrected chi connectivity index (χ1v) is 6.94. The molecule has 1 aromatic carbocycles. The normalized spacial score (nSPS) is 10.3. The minimum Gasteiger partial charge on any atom is -0.330 e. The summed E-state index contributed by atoms with van der Waals surface area (Å²) in [5.74, 6) is 1.49. The maximum absolute atomic E-state index is 11.6. The van der Waals surface area contributed by atoms with E-state index < -0.39 is 0 Å². The van der Waals surface area contributed by atoms with E-state index in [1.165, 1.54) is 5.56 Å². The summed E-state index contributed by atoms with van der Waals surface area (Å²) in [5.41, 5.74) is 8.60. The van der Waals surface area contributed by atoms with Crippen molar-refractivity contribution in [3.8, 4) is 0 Å². The minimum absolute atomic E-state index is 0.0546. The van der Waals surface area contributed by atoms with Crippen molar-refractivity contribution in [1.82, 2.24) is 0 Å². The molecule has 0 aliphatic rings. The number of carbonyl (C=O) groups is 1. The van der Waals surface area contributed by atoms with Gasteiger partial charge in [-0.1, -0.05) is 17.7 Å². The average Bonchev–Trinajstić information content (AvgIpc) is 2.28. The van der Waals surface area contributed by atoms with Crippen LogP contribution in [0.2, 0.25) is 0 Å². The Morgan fingerprint density at radius 1 is 1.41 bits per heavy atom. The van der Waals surface area contributed by atoms with Gasteiger partial charge in [0, 0.05) is 5.69 Å². The SMILES string of the molecule is Cc1ccc(NC(=O)CSCCCN)c(C)c1. The molecule has 94 valence electrons. The monoisotopic (exact) mass is 252 g/mol. The van der Waals surface area contributed by atoms with E-state index in [4.69, 9.17) is 5.73 Å². The first-order chi connectivity index (χ1) is 8.13.